The molecule has 0 bridgehead atoms. The average Bonchev–Trinajstić information content (AvgIpc) is 3.13. The molecule has 0 radical (unpaired) electrons. The molecule has 4 rings (SSSR count). The molecule has 0 saturated carbocycles. The zero-order valence-electron chi connectivity index (χ0n) is 15.3. The molecule has 3 amide bonds. The van der Waals surface area contributed by atoms with Crippen LogP contribution in [0.2, 0.25) is 0 Å². The number of carbonyl (C=O) groups excluding carboxylic acids is 3. The Balaban J connectivity index is 1.47. The molecule has 1 N–H and O–H groups in total. The number of anilines is 1. The standard InChI is InChI=1S/C20H18N4O3S/c1-2-5-16-22-23-20(28-16)21-15(25)10-11-24-18(26)13-8-3-6-12-7-4-9-14(17(12)13)19(24)27/h3-4,6-9H,2,5,10-11H2,1H3,(H,21,23,25). The summed E-state index contributed by atoms with van der Waals surface area (Å²) in [6.07, 6.45) is 1.77. The third kappa shape index (κ3) is 3.27. The fourth-order valence-corrected chi connectivity index (χ4v) is 4.16. The zero-order valence-corrected chi connectivity index (χ0v) is 16.1. The second-order valence-corrected chi connectivity index (χ2v) is 7.58. The molecule has 8 heteroatoms. The molecule has 3 aromatic rings. The summed E-state index contributed by atoms with van der Waals surface area (Å²) in [5, 5.41) is 13.5. The molecule has 0 atom stereocenters. The van der Waals surface area contributed by atoms with Crippen molar-refractivity contribution in [3.63, 3.8) is 0 Å². The summed E-state index contributed by atoms with van der Waals surface area (Å²) < 4.78 is 0. The van der Waals surface area contributed by atoms with Gasteiger partial charge in [0.15, 0.2) is 0 Å². The van der Waals surface area contributed by atoms with Gasteiger partial charge in [-0.2, -0.15) is 0 Å². The Morgan fingerprint density at radius 3 is 2.39 bits per heavy atom. The summed E-state index contributed by atoms with van der Waals surface area (Å²) in [6.45, 7) is 2.06. The molecular formula is C20H18N4O3S. The van der Waals surface area contributed by atoms with Crippen molar-refractivity contribution in [2.45, 2.75) is 26.2 Å². The van der Waals surface area contributed by atoms with Gasteiger partial charge in [-0.1, -0.05) is 42.5 Å². The number of amides is 3. The lowest BCUT2D eigenvalue weighted by Crippen LogP contribution is -2.41. The maximum atomic E-state index is 12.8. The van der Waals surface area contributed by atoms with E-state index in [2.05, 4.69) is 15.5 Å². The molecule has 1 aliphatic rings. The Kier molecular flexibility index (Phi) is 4.87. The van der Waals surface area contributed by atoms with Crippen LogP contribution >= 0.6 is 11.3 Å². The summed E-state index contributed by atoms with van der Waals surface area (Å²) in [4.78, 5) is 39.0. The van der Waals surface area contributed by atoms with E-state index in [0.717, 1.165) is 28.1 Å². The monoisotopic (exact) mass is 394 g/mol. The van der Waals surface area contributed by atoms with Gasteiger partial charge in [-0.05, 0) is 23.9 Å². The first-order chi connectivity index (χ1) is 13.6. The Labute approximate surface area is 165 Å². The molecule has 1 aliphatic heterocycles. The van der Waals surface area contributed by atoms with Crippen LogP contribution in [0, 0.1) is 0 Å². The second kappa shape index (κ2) is 7.47. The lowest BCUT2D eigenvalue weighted by atomic mass is 9.94. The van der Waals surface area contributed by atoms with E-state index in [4.69, 9.17) is 0 Å². The van der Waals surface area contributed by atoms with Gasteiger partial charge < -0.3 is 5.32 Å². The average molecular weight is 394 g/mol. The van der Waals surface area contributed by atoms with Crippen molar-refractivity contribution >= 4 is 45.0 Å². The van der Waals surface area contributed by atoms with Crippen molar-refractivity contribution in [2.24, 2.45) is 0 Å². The highest BCUT2D eigenvalue weighted by molar-refractivity contribution is 7.15. The first kappa shape index (κ1) is 18.2. The summed E-state index contributed by atoms with van der Waals surface area (Å²) in [5.74, 6) is -1.05. The minimum atomic E-state index is -0.372. The molecular weight excluding hydrogens is 376 g/mol. The number of carbonyl (C=O) groups is 3. The summed E-state index contributed by atoms with van der Waals surface area (Å²) in [5.41, 5.74) is 0.975. The predicted octanol–water partition coefficient (Wildman–Crippen LogP) is 3.27. The second-order valence-electron chi connectivity index (χ2n) is 6.52. The number of hydrogen-bond donors (Lipinski definition) is 1. The smallest absolute Gasteiger partial charge is 0.261 e. The van der Waals surface area contributed by atoms with E-state index in [1.54, 1.807) is 24.3 Å². The van der Waals surface area contributed by atoms with Crippen molar-refractivity contribution in [1.82, 2.24) is 15.1 Å². The van der Waals surface area contributed by atoms with E-state index in [1.807, 2.05) is 19.1 Å². The van der Waals surface area contributed by atoms with Gasteiger partial charge >= 0.3 is 0 Å². The molecule has 0 aliphatic carbocycles. The van der Waals surface area contributed by atoms with Crippen LogP contribution in [0.1, 0.15) is 45.5 Å². The van der Waals surface area contributed by atoms with Crippen LogP contribution in [0.5, 0.6) is 0 Å². The van der Waals surface area contributed by atoms with Crippen LogP contribution in [-0.4, -0.2) is 39.4 Å². The van der Waals surface area contributed by atoms with Gasteiger partial charge in [0.2, 0.25) is 11.0 Å². The Hall–Kier alpha value is -3.13. The Bertz CT molecular complexity index is 1040. The molecule has 0 spiro atoms. The Morgan fingerprint density at radius 2 is 1.75 bits per heavy atom. The number of benzene rings is 2. The van der Waals surface area contributed by atoms with Crippen molar-refractivity contribution in [3.8, 4) is 0 Å². The van der Waals surface area contributed by atoms with E-state index in [9.17, 15) is 14.4 Å². The molecule has 142 valence electrons. The van der Waals surface area contributed by atoms with Gasteiger partial charge in [0.1, 0.15) is 5.01 Å². The van der Waals surface area contributed by atoms with Crippen LogP contribution in [0.3, 0.4) is 0 Å². The fraction of sp³-hybridized carbons (Fsp3) is 0.250. The van der Waals surface area contributed by atoms with Crippen molar-refractivity contribution in [1.29, 1.82) is 0 Å². The third-order valence-corrected chi connectivity index (χ3v) is 5.49. The van der Waals surface area contributed by atoms with Crippen LogP contribution in [0.15, 0.2) is 36.4 Å². The molecule has 28 heavy (non-hydrogen) atoms. The van der Waals surface area contributed by atoms with Crippen molar-refractivity contribution in [2.75, 3.05) is 11.9 Å². The molecule has 0 unspecified atom stereocenters. The minimum Gasteiger partial charge on any atom is -0.300 e. The van der Waals surface area contributed by atoms with Gasteiger partial charge in [-0.25, -0.2) is 0 Å². The normalized spacial score (nSPS) is 13.2. The number of aromatic nitrogens is 2. The number of imide groups is 1. The van der Waals surface area contributed by atoms with Crippen LogP contribution < -0.4 is 5.32 Å². The minimum absolute atomic E-state index is 0.00167. The quantitative estimate of drug-likeness (QED) is 0.648. The van der Waals surface area contributed by atoms with E-state index >= 15 is 0 Å². The van der Waals surface area contributed by atoms with Crippen molar-refractivity contribution in [3.05, 3.63) is 52.5 Å². The lowest BCUT2D eigenvalue weighted by molar-refractivity contribution is -0.116. The van der Waals surface area contributed by atoms with E-state index in [1.165, 1.54) is 11.3 Å². The fourth-order valence-electron chi connectivity index (χ4n) is 3.30. The largest absolute Gasteiger partial charge is 0.300 e. The number of rotatable bonds is 6. The number of nitrogens with zero attached hydrogens (tertiary/aromatic N) is 3. The highest BCUT2D eigenvalue weighted by Gasteiger charge is 2.32. The van der Waals surface area contributed by atoms with Gasteiger partial charge in [0, 0.05) is 35.9 Å². The number of nitrogens with one attached hydrogen (secondary N) is 1. The van der Waals surface area contributed by atoms with Crippen LogP contribution in [0.25, 0.3) is 10.8 Å². The van der Waals surface area contributed by atoms with E-state index in [-0.39, 0.29) is 30.7 Å². The van der Waals surface area contributed by atoms with Crippen LogP contribution in [-0.2, 0) is 11.2 Å². The summed E-state index contributed by atoms with van der Waals surface area (Å²) in [7, 11) is 0. The SMILES string of the molecule is CCCc1nnc(NC(=O)CCN2C(=O)c3cccc4cccc(c34)C2=O)s1. The van der Waals surface area contributed by atoms with Crippen molar-refractivity contribution < 1.29 is 14.4 Å². The first-order valence-electron chi connectivity index (χ1n) is 9.08. The van der Waals surface area contributed by atoms with Gasteiger partial charge in [0.25, 0.3) is 11.8 Å². The molecule has 7 nitrogen and oxygen atoms in total. The van der Waals surface area contributed by atoms with E-state index < -0.39 is 0 Å². The molecule has 0 saturated heterocycles. The van der Waals surface area contributed by atoms with Gasteiger partial charge in [0.05, 0.1) is 0 Å². The molecule has 2 heterocycles. The van der Waals surface area contributed by atoms with E-state index in [0.29, 0.717) is 21.6 Å². The molecule has 2 aromatic carbocycles. The topological polar surface area (TPSA) is 92.3 Å². The maximum Gasteiger partial charge on any atom is 0.261 e. The highest BCUT2D eigenvalue weighted by Crippen LogP contribution is 2.30. The lowest BCUT2D eigenvalue weighted by Gasteiger charge is -2.26. The van der Waals surface area contributed by atoms with Gasteiger partial charge in [-0.3, -0.25) is 19.3 Å². The number of hydrogen-bond acceptors (Lipinski definition) is 6. The first-order valence-corrected chi connectivity index (χ1v) is 9.90. The maximum absolute atomic E-state index is 12.8. The zero-order chi connectivity index (χ0) is 19.7. The van der Waals surface area contributed by atoms with Crippen LogP contribution in [0.4, 0.5) is 5.13 Å². The number of aryl methyl sites for hydroxylation is 1. The predicted molar refractivity (Wildman–Crippen MR) is 106 cm³/mol. The molecule has 0 fully saturated rings. The highest BCUT2D eigenvalue weighted by atomic mass is 32.1. The summed E-state index contributed by atoms with van der Waals surface area (Å²) >= 11 is 1.33. The third-order valence-electron chi connectivity index (χ3n) is 4.60. The molecule has 1 aromatic heterocycles. The summed E-state index contributed by atoms with van der Waals surface area (Å²) in [6, 6.07) is 10.8. The van der Waals surface area contributed by atoms with Gasteiger partial charge in [-0.15, -0.1) is 10.2 Å². The Morgan fingerprint density at radius 1 is 1.07 bits per heavy atom.